The zero-order valence-corrected chi connectivity index (χ0v) is 20.5. The van der Waals surface area contributed by atoms with Crippen molar-refractivity contribution in [2.24, 2.45) is 0 Å². The van der Waals surface area contributed by atoms with E-state index in [9.17, 15) is 9.59 Å². The maximum Gasteiger partial charge on any atom is 0.323 e. The minimum Gasteiger partial charge on any atom is -0.496 e. The zero-order chi connectivity index (χ0) is 25.3. The van der Waals surface area contributed by atoms with Crippen LogP contribution in [0.4, 0.5) is 16.2 Å². The molecule has 0 aliphatic carbocycles. The van der Waals surface area contributed by atoms with Crippen LogP contribution in [0.5, 0.6) is 17.2 Å². The molecule has 1 aliphatic heterocycles. The molecule has 0 bridgehead atoms. The molecule has 1 aliphatic rings. The summed E-state index contributed by atoms with van der Waals surface area (Å²) in [5.41, 5.74) is 1.50. The molecule has 8 nitrogen and oxygen atoms in total. The molecule has 1 fully saturated rings. The molecule has 2 atom stereocenters. The first-order valence-corrected chi connectivity index (χ1v) is 12.2. The number of methoxy groups -OCH3 is 1. The van der Waals surface area contributed by atoms with E-state index in [0.717, 1.165) is 25.8 Å². The molecule has 0 aromatic heterocycles. The van der Waals surface area contributed by atoms with Crippen molar-refractivity contribution in [1.29, 1.82) is 0 Å². The van der Waals surface area contributed by atoms with Gasteiger partial charge in [0, 0.05) is 35.6 Å². The Kier molecular flexibility index (Phi) is 8.41. The number of rotatable bonds is 9. The van der Waals surface area contributed by atoms with Crippen molar-refractivity contribution in [1.82, 2.24) is 10.6 Å². The number of anilines is 2. The van der Waals surface area contributed by atoms with Crippen LogP contribution in [0, 0.1) is 0 Å². The van der Waals surface area contributed by atoms with Crippen LogP contribution in [0.1, 0.15) is 36.5 Å². The highest BCUT2D eigenvalue weighted by atomic mass is 16.5. The predicted molar refractivity (Wildman–Crippen MR) is 141 cm³/mol. The van der Waals surface area contributed by atoms with Crippen LogP contribution in [-0.4, -0.2) is 37.7 Å². The fourth-order valence-corrected chi connectivity index (χ4v) is 4.30. The number of amides is 3. The summed E-state index contributed by atoms with van der Waals surface area (Å²) in [5, 5.41) is 12.2. The van der Waals surface area contributed by atoms with Crippen molar-refractivity contribution in [2.45, 2.75) is 38.3 Å². The summed E-state index contributed by atoms with van der Waals surface area (Å²) in [7, 11) is 1.50. The first-order chi connectivity index (χ1) is 17.6. The molecule has 1 saturated heterocycles. The summed E-state index contributed by atoms with van der Waals surface area (Å²) in [6.45, 7) is 3.05. The van der Waals surface area contributed by atoms with E-state index in [4.69, 9.17) is 9.47 Å². The highest BCUT2D eigenvalue weighted by Gasteiger charge is 2.26. The fourth-order valence-electron chi connectivity index (χ4n) is 4.30. The predicted octanol–water partition coefficient (Wildman–Crippen LogP) is 5.39. The van der Waals surface area contributed by atoms with Crippen molar-refractivity contribution in [3.05, 3.63) is 78.4 Å². The molecule has 0 saturated carbocycles. The minimum absolute atomic E-state index is 0.0509. The van der Waals surface area contributed by atoms with Crippen molar-refractivity contribution in [3.8, 4) is 17.2 Å². The Bertz CT molecular complexity index is 1180. The fraction of sp³-hybridized carbons (Fsp3) is 0.286. The van der Waals surface area contributed by atoms with Gasteiger partial charge in [-0.1, -0.05) is 31.2 Å². The number of benzene rings is 3. The van der Waals surface area contributed by atoms with Gasteiger partial charge in [-0.15, -0.1) is 0 Å². The molecule has 1 heterocycles. The second-order valence-electron chi connectivity index (χ2n) is 8.63. The van der Waals surface area contributed by atoms with Gasteiger partial charge in [0.15, 0.2) is 0 Å². The van der Waals surface area contributed by atoms with E-state index < -0.39 is 6.03 Å². The molecule has 8 heteroatoms. The number of hydrogen-bond acceptors (Lipinski definition) is 5. The van der Waals surface area contributed by atoms with Crippen LogP contribution in [-0.2, 0) is 0 Å². The number of ether oxygens (including phenoxy) is 2. The Labute approximate surface area is 211 Å². The average Bonchev–Trinajstić information content (AvgIpc) is 3.42. The smallest absolute Gasteiger partial charge is 0.323 e. The SMILES string of the molecule is CCC(NC(=O)c1ccc(NC(=O)Nc2cccc(Oc3ccccc3)c2)cc1OC)C1CCCN1. The van der Waals surface area contributed by atoms with E-state index in [1.807, 2.05) is 36.4 Å². The van der Waals surface area contributed by atoms with E-state index >= 15 is 0 Å². The van der Waals surface area contributed by atoms with Crippen LogP contribution in [0.15, 0.2) is 72.8 Å². The average molecular weight is 489 g/mol. The highest BCUT2D eigenvalue weighted by molar-refractivity contribution is 6.01. The Balaban J connectivity index is 1.38. The summed E-state index contributed by atoms with van der Waals surface area (Å²) < 4.78 is 11.3. The Hall–Kier alpha value is -4.04. The van der Waals surface area contributed by atoms with Crippen molar-refractivity contribution < 1.29 is 19.1 Å². The van der Waals surface area contributed by atoms with Gasteiger partial charge in [-0.05, 0) is 62.2 Å². The second-order valence-corrected chi connectivity index (χ2v) is 8.63. The Morgan fingerprint density at radius 1 is 0.972 bits per heavy atom. The van der Waals surface area contributed by atoms with Gasteiger partial charge in [-0.3, -0.25) is 4.79 Å². The molecule has 36 heavy (non-hydrogen) atoms. The summed E-state index contributed by atoms with van der Waals surface area (Å²) >= 11 is 0. The summed E-state index contributed by atoms with van der Waals surface area (Å²) in [5.74, 6) is 1.51. The summed E-state index contributed by atoms with van der Waals surface area (Å²) in [6, 6.07) is 21.4. The number of carbonyl (C=O) groups is 2. The number of nitrogens with one attached hydrogen (secondary N) is 4. The number of urea groups is 1. The van der Waals surface area contributed by atoms with Crippen LogP contribution in [0.3, 0.4) is 0 Å². The van der Waals surface area contributed by atoms with Crippen molar-refractivity contribution in [3.63, 3.8) is 0 Å². The van der Waals surface area contributed by atoms with Gasteiger partial charge >= 0.3 is 6.03 Å². The van der Waals surface area contributed by atoms with Crippen molar-refractivity contribution >= 4 is 23.3 Å². The molecule has 188 valence electrons. The number of carbonyl (C=O) groups excluding carboxylic acids is 2. The standard InChI is InChI=1S/C28H32N4O4/c1-3-24(25-13-8-16-29-25)32-27(33)23-15-14-20(18-26(23)35-2)31-28(34)30-19-9-7-12-22(17-19)36-21-10-5-4-6-11-21/h4-7,9-12,14-15,17-18,24-25,29H,3,8,13,16H2,1-2H3,(H,32,33)(H2,30,31,34). The lowest BCUT2D eigenvalue weighted by Crippen LogP contribution is -2.47. The van der Waals surface area contributed by atoms with Gasteiger partial charge in [-0.25, -0.2) is 4.79 Å². The first-order valence-electron chi connectivity index (χ1n) is 12.2. The van der Waals surface area contributed by atoms with Gasteiger partial charge in [0.05, 0.1) is 12.7 Å². The lowest BCUT2D eigenvalue weighted by atomic mass is 10.0. The van der Waals surface area contributed by atoms with E-state index in [0.29, 0.717) is 34.2 Å². The quantitative estimate of drug-likeness (QED) is 0.323. The second kappa shape index (κ2) is 12.1. The molecule has 0 spiro atoms. The molecule has 3 aromatic carbocycles. The zero-order valence-electron chi connectivity index (χ0n) is 20.5. The van der Waals surface area contributed by atoms with Crippen LogP contribution in [0.2, 0.25) is 0 Å². The minimum atomic E-state index is -0.426. The van der Waals surface area contributed by atoms with Gasteiger partial charge < -0.3 is 30.7 Å². The monoisotopic (exact) mass is 488 g/mol. The largest absolute Gasteiger partial charge is 0.496 e. The molecule has 3 amide bonds. The van der Waals surface area contributed by atoms with E-state index in [2.05, 4.69) is 28.2 Å². The third kappa shape index (κ3) is 6.55. The molecule has 0 radical (unpaired) electrons. The highest BCUT2D eigenvalue weighted by Crippen LogP contribution is 2.26. The van der Waals surface area contributed by atoms with Gasteiger partial charge in [0.25, 0.3) is 5.91 Å². The maximum atomic E-state index is 13.0. The van der Waals surface area contributed by atoms with Crippen molar-refractivity contribution in [2.75, 3.05) is 24.3 Å². The molecular formula is C28H32N4O4. The molecule has 4 N–H and O–H groups in total. The van der Waals surface area contributed by atoms with Gasteiger partial charge in [0.1, 0.15) is 17.2 Å². The maximum absolute atomic E-state index is 13.0. The van der Waals surface area contributed by atoms with Gasteiger partial charge in [0.2, 0.25) is 0 Å². The van der Waals surface area contributed by atoms with Crippen LogP contribution in [0.25, 0.3) is 0 Å². The van der Waals surface area contributed by atoms with Crippen LogP contribution >= 0.6 is 0 Å². The summed E-state index contributed by atoms with van der Waals surface area (Å²) in [4.78, 5) is 25.6. The lowest BCUT2D eigenvalue weighted by molar-refractivity contribution is 0.0924. The molecule has 3 aromatic rings. The normalized spacial score (nSPS) is 15.6. The molecular weight excluding hydrogens is 456 g/mol. The Morgan fingerprint density at radius 3 is 2.42 bits per heavy atom. The molecule has 2 unspecified atom stereocenters. The molecule has 4 rings (SSSR count). The van der Waals surface area contributed by atoms with E-state index in [-0.39, 0.29) is 18.0 Å². The topological polar surface area (TPSA) is 101 Å². The number of hydrogen-bond donors (Lipinski definition) is 4. The van der Waals surface area contributed by atoms with Gasteiger partial charge in [-0.2, -0.15) is 0 Å². The number of para-hydroxylation sites is 1. The Morgan fingerprint density at radius 2 is 1.72 bits per heavy atom. The van der Waals surface area contributed by atoms with E-state index in [1.165, 1.54) is 7.11 Å². The lowest BCUT2D eigenvalue weighted by Gasteiger charge is -2.24. The third-order valence-electron chi connectivity index (χ3n) is 6.12. The van der Waals surface area contributed by atoms with Crippen LogP contribution < -0.4 is 30.7 Å². The first kappa shape index (κ1) is 25.1. The third-order valence-corrected chi connectivity index (χ3v) is 6.12. The van der Waals surface area contributed by atoms with E-state index in [1.54, 1.807) is 36.4 Å². The summed E-state index contributed by atoms with van der Waals surface area (Å²) in [6.07, 6.45) is 3.01.